The van der Waals surface area contributed by atoms with Crippen LogP contribution in [0.3, 0.4) is 0 Å². The van der Waals surface area contributed by atoms with Gasteiger partial charge in [-0.25, -0.2) is 8.42 Å². The van der Waals surface area contributed by atoms with Crippen molar-refractivity contribution in [2.75, 3.05) is 18.2 Å². The number of hydrogen-bond acceptors (Lipinski definition) is 4. The van der Waals surface area contributed by atoms with E-state index in [1.807, 2.05) is 18.2 Å². The zero-order valence-corrected chi connectivity index (χ0v) is 10.3. The molecule has 0 radical (unpaired) electrons. The van der Waals surface area contributed by atoms with Crippen LogP contribution in [0, 0.1) is 0 Å². The molecule has 2 atom stereocenters. The Balaban J connectivity index is 1.74. The molecule has 2 heterocycles. The van der Waals surface area contributed by atoms with Gasteiger partial charge in [-0.1, -0.05) is 30.3 Å². The monoisotopic (exact) mass is 253 g/mol. The smallest absolute Gasteiger partial charge is 0.154 e. The Labute approximate surface area is 101 Å². The SMILES string of the molecule is O=S1(=O)CC2OCN(Cc3ccccc3)C2C1. The van der Waals surface area contributed by atoms with Crippen LogP contribution in [0.1, 0.15) is 5.56 Å². The molecule has 2 aliphatic heterocycles. The van der Waals surface area contributed by atoms with E-state index in [0.29, 0.717) is 6.73 Å². The zero-order chi connectivity index (χ0) is 11.9. The summed E-state index contributed by atoms with van der Waals surface area (Å²) >= 11 is 0. The minimum atomic E-state index is -2.90. The van der Waals surface area contributed by atoms with Gasteiger partial charge in [0, 0.05) is 6.54 Å². The van der Waals surface area contributed by atoms with Crippen LogP contribution in [-0.2, 0) is 21.1 Å². The summed E-state index contributed by atoms with van der Waals surface area (Å²) in [5.74, 6) is 0.424. The average Bonchev–Trinajstić information content (AvgIpc) is 2.77. The third-order valence-corrected chi connectivity index (χ3v) is 5.11. The Morgan fingerprint density at radius 3 is 2.76 bits per heavy atom. The number of fused-ring (bicyclic) bond motifs is 1. The minimum absolute atomic E-state index is 0.0419. The third-order valence-electron chi connectivity index (χ3n) is 3.42. The molecule has 2 unspecified atom stereocenters. The lowest BCUT2D eigenvalue weighted by Crippen LogP contribution is -2.34. The van der Waals surface area contributed by atoms with Gasteiger partial charge in [-0.3, -0.25) is 4.90 Å². The van der Waals surface area contributed by atoms with E-state index in [-0.39, 0.29) is 23.7 Å². The number of hydrogen-bond donors (Lipinski definition) is 0. The minimum Gasteiger partial charge on any atom is -0.360 e. The first kappa shape index (κ1) is 11.2. The molecule has 17 heavy (non-hydrogen) atoms. The molecule has 92 valence electrons. The first-order valence-corrected chi connectivity index (χ1v) is 7.56. The molecule has 4 nitrogen and oxygen atoms in total. The van der Waals surface area contributed by atoms with Gasteiger partial charge in [0.25, 0.3) is 0 Å². The second-order valence-corrected chi connectivity index (χ2v) is 6.86. The van der Waals surface area contributed by atoms with E-state index in [1.54, 1.807) is 0 Å². The van der Waals surface area contributed by atoms with E-state index in [0.717, 1.165) is 6.54 Å². The molecule has 0 aromatic heterocycles. The van der Waals surface area contributed by atoms with Gasteiger partial charge in [-0.15, -0.1) is 0 Å². The maximum atomic E-state index is 11.5. The largest absolute Gasteiger partial charge is 0.360 e. The summed E-state index contributed by atoms with van der Waals surface area (Å²) < 4.78 is 28.6. The summed E-state index contributed by atoms with van der Waals surface area (Å²) in [6.45, 7) is 1.30. The van der Waals surface area contributed by atoms with Gasteiger partial charge >= 0.3 is 0 Å². The molecular formula is C12H15NO3S. The predicted octanol–water partition coefficient (Wildman–Crippen LogP) is 0.642. The molecule has 1 aromatic rings. The highest BCUT2D eigenvalue weighted by Crippen LogP contribution is 2.28. The lowest BCUT2D eigenvalue weighted by atomic mass is 10.1. The number of sulfone groups is 1. The average molecular weight is 253 g/mol. The quantitative estimate of drug-likeness (QED) is 0.776. The fourth-order valence-electron chi connectivity index (χ4n) is 2.56. The van der Waals surface area contributed by atoms with Crippen molar-refractivity contribution < 1.29 is 13.2 Å². The summed E-state index contributed by atoms with van der Waals surface area (Å²) in [6, 6.07) is 10.1. The Kier molecular flexibility index (Phi) is 2.69. The van der Waals surface area contributed by atoms with Crippen LogP contribution in [0.25, 0.3) is 0 Å². The summed E-state index contributed by atoms with van der Waals surface area (Å²) in [5.41, 5.74) is 1.20. The second kappa shape index (κ2) is 4.08. The van der Waals surface area contributed by atoms with E-state index >= 15 is 0 Å². The summed E-state index contributed by atoms with van der Waals surface area (Å²) in [7, 11) is -2.90. The topological polar surface area (TPSA) is 46.6 Å². The highest BCUT2D eigenvalue weighted by atomic mass is 32.2. The van der Waals surface area contributed by atoms with E-state index in [1.165, 1.54) is 5.56 Å². The van der Waals surface area contributed by atoms with Crippen LogP contribution in [0.15, 0.2) is 30.3 Å². The Hall–Kier alpha value is -0.910. The number of benzene rings is 1. The standard InChI is InChI=1S/C12H15NO3S/c14-17(15)7-11-12(8-17)16-9-13(11)6-10-4-2-1-3-5-10/h1-5,11-12H,6-9H2. The van der Waals surface area contributed by atoms with Gasteiger partial charge in [-0.05, 0) is 5.56 Å². The zero-order valence-electron chi connectivity index (χ0n) is 9.45. The molecule has 0 N–H and O–H groups in total. The van der Waals surface area contributed by atoms with Crippen LogP contribution < -0.4 is 0 Å². The van der Waals surface area contributed by atoms with Gasteiger partial charge in [-0.2, -0.15) is 0 Å². The summed E-state index contributed by atoms with van der Waals surface area (Å²) in [6.07, 6.45) is -0.122. The number of ether oxygens (including phenoxy) is 1. The molecule has 3 rings (SSSR count). The molecular weight excluding hydrogens is 238 g/mol. The fraction of sp³-hybridized carbons (Fsp3) is 0.500. The van der Waals surface area contributed by atoms with Crippen LogP contribution in [0.2, 0.25) is 0 Å². The first-order valence-electron chi connectivity index (χ1n) is 5.74. The number of rotatable bonds is 2. The summed E-state index contributed by atoms with van der Waals surface area (Å²) in [4.78, 5) is 2.12. The lowest BCUT2D eigenvalue weighted by molar-refractivity contribution is 0.0986. The van der Waals surface area contributed by atoms with Crippen molar-refractivity contribution in [1.29, 1.82) is 0 Å². The third kappa shape index (κ3) is 2.22. The Morgan fingerprint density at radius 1 is 1.24 bits per heavy atom. The molecule has 0 saturated carbocycles. The first-order chi connectivity index (χ1) is 8.14. The molecule has 2 aliphatic rings. The van der Waals surface area contributed by atoms with Gasteiger partial charge in [0.2, 0.25) is 0 Å². The normalized spacial score (nSPS) is 31.5. The van der Waals surface area contributed by atoms with Crippen molar-refractivity contribution in [3.8, 4) is 0 Å². The van der Waals surface area contributed by atoms with Crippen molar-refractivity contribution in [2.45, 2.75) is 18.7 Å². The maximum Gasteiger partial charge on any atom is 0.154 e. The second-order valence-electron chi connectivity index (χ2n) is 4.71. The highest BCUT2D eigenvalue weighted by molar-refractivity contribution is 7.91. The van der Waals surface area contributed by atoms with Crippen LogP contribution in [-0.4, -0.2) is 43.7 Å². The molecule has 1 aromatic carbocycles. The van der Waals surface area contributed by atoms with Crippen molar-refractivity contribution >= 4 is 9.84 Å². The van der Waals surface area contributed by atoms with E-state index in [4.69, 9.17) is 4.74 Å². The maximum absolute atomic E-state index is 11.5. The summed E-state index contributed by atoms with van der Waals surface area (Å²) in [5, 5.41) is 0. The molecule has 0 amide bonds. The Bertz CT molecular complexity index is 500. The van der Waals surface area contributed by atoms with Crippen LogP contribution >= 0.6 is 0 Å². The fourth-order valence-corrected chi connectivity index (χ4v) is 4.47. The van der Waals surface area contributed by atoms with Gasteiger partial charge in [0.15, 0.2) is 9.84 Å². The van der Waals surface area contributed by atoms with Gasteiger partial charge in [0.05, 0.1) is 23.7 Å². The van der Waals surface area contributed by atoms with Crippen molar-refractivity contribution in [3.05, 3.63) is 35.9 Å². The molecule has 2 saturated heterocycles. The van der Waals surface area contributed by atoms with Crippen molar-refractivity contribution in [2.24, 2.45) is 0 Å². The van der Waals surface area contributed by atoms with Crippen molar-refractivity contribution in [1.82, 2.24) is 4.90 Å². The van der Waals surface area contributed by atoms with Crippen LogP contribution in [0.4, 0.5) is 0 Å². The molecule has 0 aliphatic carbocycles. The van der Waals surface area contributed by atoms with Crippen LogP contribution in [0.5, 0.6) is 0 Å². The van der Waals surface area contributed by atoms with Gasteiger partial charge in [0.1, 0.15) is 6.73 Å². The van der Waals surface area contributed by atoms with Crippen molar-refractivity contribution in [3.63, 3.8) is 0 Å². The number of nitrogens with zero attached hydrogens (tertiary/aromatic N) is 1. The van der Waals surface area contributed by atoms with E-state index < -0.39 is 9.84 Å². The Morgan fingerprint density at radius 2 is 2.00 bits per heavy atom. The predicted molar refractivity (Wildman–Crippen MR) is 64.2 cm³/mol. The highest BCUT2D eigenvalue weighted by Gasteiger charge is 2.45. The van der Waals surface area contributed by atoms with Gasteiger partial charge < -0.3 is 4.74 Å². The lowest BCUT2D eigenvalue weighted by Gasteiger charge is -2.20. The van der Waals surface area contributed by atoms with E-state index in [9.17, 15) is 8.42 Å². The molecule has 0 spiro atoms. The molecule has 0 bridgehead atoms. The molecule has 2 fully saturated rings. The molecule has 5 heteroatoms. The van der Waals surface area contributed by atoms with E-state index in [2.05, 4.69) is 17.0 Å².